The molecule has 0 radical (unpaired) electrons. The molecule has 1 heteroatoms. The molecule has 0 N–H and O–H groups in total. The maximum atomic E-state index is 2.31. The molecule has 0 aliphatic heterocycles. The molecule has 0 aromatic carbocycles. The summed E-state index contributed by atoms with van der Waals surface area (Å²) in [6, 6.07) is 4.61. The molecule has 27 heavy (non-hydrogen) atoms. The van der Waals surface area contributed by atoms with Gasteiger partial charge in [0.15, 0.2) is 12.4 Å². The van der Waals surface area contributed by atoms with E-state index in [-0.39, 0.29) is 0 Å². The van der Waals surface area contributed by atoms with Crippen molar-refractivity contribution in [3.8, 4) is 0 Å². The first-order valence-electron chi connectivity index (χ1n) is 12.3. The second kappa shape index (κ2) is 18.5. The molecule has 0 fully saturated rings. The second-order valence-corrected chi connectivity index (χ2v) is 8.50. The van der Waals surface area contributed by atoms with E-state index >= 15 is 0 Å². The summed E-state index contributed by atoms with van der Waals surface area (Å²) in [4.78, 5) is 0. The van der Waals surface area contributed by atoms with Crippen LogP contribution in [0.3, 0.4) is 0 Å². The van der Waals surface area contributed by atoms with E-state index in [2.05, 4.69) is 42.9 Å². The number of rotatable bonds is 19. The molecule has 1 aromatic heterocycles. The van der Waals surface area contributed by atoms with Crippen LogP contribution in [-0.4, -0.2) is 0 Å². The minimum absolute atomic E-state index is 1.14. The first kappa shape index (κ1) is 24.2. The summed E-state index contributed by atoms with van der Waals surface area (Å²) in [5.41, 5.74) is 1.51. The molecule has 0 atom stereocenters. The summed E-state index contributed by atoms with van der Waals surface area (Å²) < 4.78 is 2.29. The Morgan fingerprint density at radius 1 is 0.519 bits per heavy atom. The lowest BCUT2D eigenvalue weighted by molar-refractivity contribution is -0.697. The number of aryl methyl sites for hydroxylation is 2. The zero-order valence-electron chi connectivity index (χ0n) is 18.7. The zero-order chi connectivity index (χ0) is 19.4. The number of hydrogen-bond acceptors (Lipinski definition) is 0. The lowest BCUT2D eigenvalue weighted by Crippen LogP contribution is -2.32. The van der Waals surface area contributed by atoms with Crippen LogP contribution in [0.1, 0.15) is 129 Å². The number of unbranched alkanes of at least 4 members (excludes halogenated alkanes) is 15. The molecule has 1 nitrogen and oxygen atoms in total. The highest BCUT2D eigenvalue weighted by molar-refractivity contribution is 5.07. The van der Waals surface area contributed by atoms with Gasteiger partial charge >= 0.3 is 0 Å². The molecular weight excluding hydrogens is 326 g/mol. The van der Waals surface area contributed by atoms with Crippen LogP contribution in [0.5, 0.6) is 0 Å². The quantitative estimate of drug-likeness (QED) is 0.170. The molecular formula is C26H48N+. The zero-order valence-corrected chi connectivity index (χ0v) is 18.7. The lowest BCUT2D eigenvalue weighted by atomic mass is 10.0. The molecule has 0 unspecified atom stereocenters. The van der Waals surface area contributed by atoms with Crippen LogP contribution in [0.2, 0.25) is 0 Å². The third-order valence-corrected chi connectivity index (χ3v) is 5.76. The summed E-state index contributed by atoms with van der Waals surface area (Å²) in [6.45, 7) is 5.67. The van der Waals surface area contributed by atoms with Crippen molar-refractivity contribution in [1.29, 1.82) is 0 Å². The van der Waals surface area contributed by atoms with Gasteiger partial charge in [-0.1, -0.05) is 110 Å². The van der Waals surface area contributed by atoms with Crippen molar-refractivity contribution >= 4 is 0 Å². The highest BCUT2D eigenvalue weighted by Crippen LogP contribution is 2.14. The van der Waals surface area contributed by atoms with Crippen LogP contribution >= 0.6 is 0 Å². The molecule has 1 aromatic rings. The monoisotopic (exact) mass is 374 g/mol. The van der Waals surface area contributed by atoms with Crippen molar-refractivity contribution in [2.24, 2.45) is 0 Å². The fourth-order valence-corrected chi connectivity index (χ4v) is 3.94. The third-order valence-electron chi connectivity index (χ3n) is 5.76. The number of nitrogens with zero attached hydrogens (tertiary/aromatic N) is 1. The Hall–Kier alpha value is -0.850. The summed E-state index contributed by atoms with van der Waals surface area (Å²) >= 11 is 0. The standard InChI is InChI=1S/C26H48N/c1-3-5-6-7-8-9-10-11-12-13-14-15-16-17-18-19-20-26-21-24-27(23-4-2)25-22-26/h21-22,24-25H,3-20,23H2,1-2H3/q+1. The van der Waals surface area contributed by atoms with Gasteiger partial charge in [-0.3, -0.25) is 0 Å². The van der Waals surface area contributed by atoms with E-state index in [1.807, 2.05) is 0 Å². The second-order valence-electron chi connectivity index (χ2n) is 8.50. The average Bonchev–Trinajstić information content (AvgIpc) is 2.69. The molecule has 0 saturated heterocycles. The maximum absolute atomic E-state index is 2.31. The van der Waals surface area contributed by atoms with Crippen LogP contribution in [0, 0.1) is 0 Å². The largest absolute Gasteiger partial charge is 0.205 e. The number of hydrogen-bond donors (Lipinski definition) is 0. The summed E-state index contributed by atoms with van der Waals surface area (Å²) in [5, 5.41) is 0. The van der Waals surface area contributed by atoms with Crippen LogP contribution in [0.15, 0.2) is 24.5 Å². The Morgan fingerprint density at radius 2 is 0.926 bits per heavy atom. The van der Waals surface area contributed by atoms with Gasteiger partial charge < -0.3 is 0 Å². The van der Waals surface area contributed by atoms with Crippen molar-refractivity contribution in [2.75, 3.05) is 0 Å². The van der Waals surface area contributed by atoms with E-state index in [1.54, 1.807) is 0 Å². The highest BCUT2D eigenvalue weighted by Gasteiger charge is 2.00. The maximum Gasteiger partial charge on any atom is 0.169 e. The number of aromatic nitrogens is 1. The van der Waals surface area contributed by atoms with Crippen LogP contribution in [0.4, 0.5) is 0 Å². The lowest BCUT2D eigenvalue weighted by Gasteiger charge is -2.04. The van der Waals surface area contributed by atoms with Crippen molar-refractivity contribution in [2.45, 2.75) is 136 Å². The summed E-state index contributed by atoms with van der Waals surface area (Å²) in [7, 11) is 0. The fourth-order valence-electron chi connectivity index (χ4n) is 3.94. The first-order valence-corrected chi connectivity index (χ1v) is 12.3. The van der Waals surface area contributed by atoms with E-state index in [9.17, 15) is 0 Å². The van der Waals surface area contributed by atoms with Gasteiger partial charge in [0.25, 0.3) is 0 Å². The topological polar surface area (TPSA) is 3.88 Å². The van der Waals surface area contributed by atoms with Gasteiger partial charge in [0.2, 0.25) is 0 Å². The van der Waals surface area contributed by atoms with Crippen molar-refractivity contribution in [3.05, 3.63) is 30.1 Å². The Morgan fingerprint density at radius 3 is 1.33 bits per heavy atom. The van der Waals surface area contributed by atoms with Gasteiger partial charge in [0, 0.05) is 18.6 Å². The fraction of sp³-hybridized carbons (Fsp3) is 0.808. The molecule has 0 amide bonds. The van der Waals surface area contributed by atoms with Crippen LogP contribution in [0.25, 0.3) is 0 Å². The van der Waals surface area contributed by atoms with E-state index in [0.29, 0.717) is 0 Å². The Labute approximate surface area is 171 Å². The predicted molar refractivity (Wildman–Crippen MR) is 120 cm³/mol. The Bertz CT molecular complexity index is 409. The van der Waals surface area contributed by atoms with Crippen molar-refractivity contribution in [1.82, 2.24) is 0 Å². The highest BCUT2D eigenvalue weighted by atomic mass is 14.9. The molecule has 1 heterocycles. The van der Waals surface area contributed by atoms with Gasteiger partial charge in [-0.05, 0) is 18.4 Å². The van der Waals surface area contributed by atoms with E-state index in [0.717, 1.165) is 6.54 Å². The van der Waals surface area contributed by atoms with E-state index < -0.39 is 0 Å². The summed E-state index contributed by atoms with van der Waals surface area (Å²) in [5.74, 6) is 0. The molecule has 0 aliphatic carbocycles. The van der Waals surface area contributed by atoms with Crippen molar-refractivity contribution < 1.29 is 4.57 Å². The van der Waals surface area contributed by atoms with Crippen molar-refractivity contribution in [3.63, 3.8) is 0 Å². The normalized spacial score (nSPS) is 11.2. The Balaban J connectivity index is 1.79. The molecule has 156 valence electrons. The van der Waals surface area contributed by atoms with Gasteiger partial charge in [-0.25, -0.2) is 4.57 Å². The van der Waals surface area contributed by atoms with Gasteiger partial charge in [0.05, 0.1) is 0 Å². The molecule has 0 bridgehead atoms. The smallest absolute Gasteiger partial charge is 0.169 e. The minimum atomic E-state index is 1.14. The van der Waals surface area contributed by atoms with Crippen LogP contribution < -0.4 is 4.57 Å². The van der Waals surface area contributed by atoms with Gasteiger partial charge in [0.1, 0.15) is 6.54 Å². The molecule has 0 saturated carbocycles. The van der Waals surface area contributed by atoms with Gasteiger partial charge in [-0.15, -0.1) is 0 Å². The molecule has 0 spiro atoms. The average molecular weight is 375 g/mol. The predicted octanol–water partition coefficient (Wildman–Crippen LogP) is 8.19. The number of pyridine rings is 1. The minimum Gasteiger partial charge on any atom is -0.205 e. The SMILES string of the molecule is CCCCCCCCCCCCCCCCCCc1cc[n+](CCC)cc1. The molecule has 0 aliphatic rings. The van der Waals surface area contributed by atoms with E-state index in [1.165, 1.54) is 121 Å². The Kier molecular flexibility index (Phi) is 16.6. The van der Waals surface area contributed by atoms with Crippen LogP contribution in [-0.2, 0) is 13.0 Å². The van der Waals surface area contributed by atoms with E-state index in [4.69, 9.17) is 0 Å². The third kappa shape index (κ3) is 14.8. The molecule has 1 rings (SSSR count). The first-order chi connectivity index (χ1) is 13.4. The van der Waals surface area contributed by atoms with Gasteiger partial charge in [-0.2, -0.15) is 0 Å². The summed E-state index contributed by atoms with van der Waals surface area (Å²) in [6.07, 6.45) is 30.1.